The van der Waals surface area contributed by atoms with Gasteiger partial charge in [-0.2, -0.15) is 0 Å². The molecule has 1 atom stereocenters. The van der Waals surface area contributed by atoms with Crippen LogP contribution in [0.1, 0.15) is 12.8 Å². The predicted octanol–water partition coefficient (Wildman–Crippen LogP) is 3.18. The molecule has 0 radical (unpaired) electrons. The van der Waals surface area contributed by atoms with Gasteiger partial charge in [-0.3, -0.25) is 0 Å². The number of carbonyl (C=O) groups excluding carboxylic acids is 1. The van der Waals surface area contributed by atoms with Crippen LogP contribution in [0.15, 0.2) is 54.6 Å². The van der Waals surface area contributed by atoms with E-state index in [1.807, 2.05) is 36.4 Å². The van der Waals surface area contributed by atoms with Crippen molar-refractivity contribution < 1.29 is 17.9 Å². The largest absolute Gasteiger partial charge is 0.455 e. The summed E-state index contributed by atoms with van der Waals surface area (Å²) in [5.41, 5.74) is 0.512. The van der Waals surface area contributed by atoms with Crippen LogP contribution in [-0.4, -0.2) is 32.0 Å². The topological polar surface area (TPSA) is 84.5 Å². The lowest BCUT2D eigenvalue weighted by Gasteiger charge is -2.14. The van der Waals surface area contributed by atoms with Gasteiger partial charge < -0.3 is 15.4 Å². The highest BCUT2D eigenvalue weighted by Crippen LogP contribution is 2.29. The van der Waals surface area contributed by atoms with E-state index in [2.05, 4.69) is 10.6 Å². The van der Waals surface area contributed by atoms with Gasteiger partial charge in [0.15, 0.2) is 15.6 Å². The Hall–Kier alpha value is -2.54. The monoisotopic (exact) mass is 360 g/mol. The summed E-state index contributed by atoms with van der Waals surface area (Å²) < 4.78 is 29.4. The Bertz CT molecular complexity index is 837. The van der Waals surface area contributed by atoms with Crippen molar-refractivity contribution in [2.45, 2.75) is 18.1 Å². The lowest BCUT2D eigenvalue weighted by atomic mass is 10.2. The highest BCUT2D eigenvalue weighted by molar-refractivity contribution is 7.92. The second-order valence-corrected chi connectivity index (χ2v) is 8.28. The molecule has 6 nitrogen and oxygen atoms in total. The molecule has 2 aromatic rings. The van der Waals surface area contributed by atoms with Crippen molar-refractivity contribution in [3.05, 3.63) is 54.6 Å². The van der Waals surface area contributed by atoms with Crippen LogP contribution >= 0.6 is 0 Å². The fourth-order valence-electron chi connectivity index (χ4n) is 2.73. The van der Waals surface area contributed by atoms with E-state index in [9.17, 15) is 13.2 Å². The Morgan fingerprint density at radius 3 is 2.52 bits per heavy atom. The van der Waals surface area contributed by atoms with E-state index in [0.29, 0.717) is 30.0 Å². The molecule has 2 aromatic carbocycles. The number of hydrogen-bond acceptors (Lipinski definition) is 4. The van der Waals surface area contributed by atoms with Gasteiger partial charge in [-0.1, -0.05) is 30.3 Å². The Kier molecular flexibility index (Phi) is 5.23. The fraction of sp³-hybridized carbons (Fsp3) is 0.278. The van der Waals surface area contributed by atoms with Gasteiger partial charge in [-0.15, -0.1) is 0 Å². The van der Waals surface area contributed by atoms with Crippen molar-refractivity contribution in [3.63, 3.8) is 0 Å². The second-order valence-electron chi connectivity index (χ2n) is 5.88. The van der Waals surface area contributed by atoms with Gasteiger partial charge in [0, 0.05) is 6.54 Å². The number of urea groups is 1. The fourth-order valence-corrected chi connectivity index (χ4v) is 4.50. The summed E-state index contributed by atoms with van der Waals surface area (Å²) in [4.78, 5) is 12.1. The lowest BCUT2D eigenvalue weighted by molar-refractivity contribution is 0.252. The Morgan fingerprint density at radius 1 is 1.08 bits per heavy atom. The minimum atomic E-state index is -3.07. The number of para-hydroxylation sites is 3. The summed E-state index contributed by atoms with van der Waals surface area (Å²) >= 11 is 0. The minimum Gasteiger partial charge on any atom is -0.455 e. The van der Waals surface area contributed by atoms with Gasteiger partial charge in [-0.25, -0.2) is 13.2 Å². The van der Waals surface area contributed by atoms with E-state index in [1.165, 1.54) is 0 Å². The summed E-state index contributed by atoms with van der Waals surface area (Å²) in [6.07, 6.45) is 1.25. The first-order chi connectivity index (χ1) is 12.0. The number of ether oxygens (including phenoxy) is 1. The average molecular weight is 360 g/mol. The summed E-state index contributed by atoms with van der Waals surface area (Å²) in [6.45, 7) is 0.121. The van der Waals surface area contributed by atoms with Gasteiger partial charge in [0.25, 0.3) is 0 Å². The van der Waals surface area contributed by atoms with Crippen molar-refractivity contribution in [2.75, 3.05) is 17.6 Å². The van der Waals surface area contributed by atoms with Crippen LogP contribution in [0.4, 0.5) is 10.5 Å². The number of benzene rings is 2. The summed E-state index contributed by atoms with van der Waals surface area (Å²) in [5.74, 6) is 1.38. The predicted molar refractivity (Wildman–Crippen MR) is 96.8 cm³/mol. The molecule has 0 spiro atoms. The first-order valence-corrected chi connectivity index (χ1v) is 9.84. The Labute approximate surface area is 147 Å². The van der Waals surface area contributed by atoms with Crippen molar-refractivity contribution >= 4 is 21.6 Å². The Balaban J connectivity index is 1.61. The van der Waals surface area contributed by atoms with E-state index in [4.69, 9.17) is 4.74 Å². The number of carbonyl (C=O) groups is 1. The van der Waals surface area contributed by atoms with Crippen molar-refractivity contribution in [3.8, 4) is 11.5 Å². The standard InChI is InChI=1S/C18H20N2O4S/c21-18(19-13-15-9-6-12-25(15,22)23)20-16-10-4-5-11-17(16)24-14-7-2-1-3-8-14/h1-5,7-8,10-11,15H,6,9,12-13H2,(H2,19,20,21). The molecule has 0 saturated carbocycles. The number of sulfone groups is 1. The number of nitrogens with one attached hydrogen (secondary N) is 2. The van der Waals surface area contributed by atoms with E-state index < -0.39 is 21.1 Å². The van der Waals surface area contributed by atoms with Crippen LogP contribution in [-0.2, 0) is 9.84 Å². The van der Waals surface area contributed by atoms with Crippen LogP contribution in [0.25, 0.3) is 0 Å². The van der Waals surface area contributed by atoms with E-state index >= 15 is 0 Å². The Morgan fingerprint density at radius 2 is 1.80 bits per heavy atom. The third-order valence-corrected chi connectivity index (χ3v) is 6.34. The van der Waals surface area contributed by atoms with Crippen molar-refractivity contribution in [1.29, 1.82) is 0 Å². The maximum Gasteiger partial charge on any atom is 0.319 e. The van der Waals surface area contributed by atoms with Crippen LogP contribution in [0.2, 0.25) is 0 Å². The molecule has 7 heteroatoms. The first kappa shape index (κ1) is 17.3. The van der Waals surface area contributed by atoms with Gasteiger partial charge >= 0.3 is 6.03 Å². The first-order valence-electron chi connectivity index (χ1n) is 8.13. The van der Waals surface area contributed by atoms with Crippen LogP contribution in [0.5, 0.6) is 11.5 Å². The minimum absolute atomic E-state index is 0.121. The normalized spacial score (nSPS) is 18.5. The molecule has 0 aliphatic carbocycles. The van der Waals surface area contributed by atoms with Gasteiger partial charge in [0.2, 0.25) is 0 Å². The number of amides is 2. The summed E-state index contributed by atoms with van der Waals surface area (Å²) in [6, 6.07) is 15.9. The zero-order valence-electron chi connectivity index (χ0n) is 13.6. The molecule has 0 bridgehead atoms. The molecule has 25 heavy (non-hydrogen) atoms. The molecule has 0 aromatic heterocycles. The summed E-state index contributed by atoms with van der Waals surface area (Å²) in [5, 5.41) is 4.86. The quantitative estimate of drug-likeness (QED) is 0.858. The van der Waals surface area contributed by atoms with Crippen molar-refractivity contribution in [1.82, 2.24) is 5.32 Å². The maximum absolute atomic E-state index is 12.1. The molecule has 132 valence electrons. The third-order valence-electron chi connectivity index (χ3n) is 4.06. The molecule has 1 fully saturated rings. The van der Waals surface area contributed by atoms with Crippen molar-refractivity contribution in [2.24, 2.45) is 0 Å². The molecular weight excluding hydrogens is 340 g/mol. The average Bonchev–Trinajstić information content (AvgIpc) is 2.94. The van der Waals surface area contributed by atoms with E-state index in [0.717, 1.165) is 0 Å². The number of hydrogen-bond donors (Lipinski definition) is 2. The van der Waals surface area contributed by atoms with Gasteiger partial charge in [-0.05, 0) is 37.1 Å². The molecule has 2 N–H and O–H groups in total. The molecule has 1 saturated heterocycles. The number of anilines is 1. The van der Waals surface area contributed by atoms with Gasteiger partial charge in [0.05, 0.1) is 16.7 Å². The summed E-state index contributed by atoms with van der Waals surface area (Å²) in [7, 11) is -3.07. The van der Waals surface area contributed by atoms with E-state index in [-0.39, 0.29) is 12.3 Å². The number of rotatable bonds is 5. The molecule has 1 unspecified atom stereocenters. The SMILES string of the molecule is O=C(NCC1CCCS1(=O)=O)Nc1ccccc1Oc1ccccc1. The highest BCUT2D eigenvalue weighted by atomic mass is 32.2. The molecular formula is C18H20N2O4S. The zero-order chi connectivity index (χ0) is 17.7. The molecule has 1 heterocycles. The molecule has 1 aliphatic heterocycles. The van der Waals surface area contributed by atoms with Gasteiger partial charge in [0.1, 0.15) is 5.75 Å². The lowest BCUT2D eigenvalue weighted by Crippen LogP contribution is -2.37. The van der Waals surface area contributed by atoms with Crippen LogP contribution in [0, 0.1) is 0 Å². The second kappa shape index (κ2) is 7.57. The highest BCUT2D eigenvalue weighted by Gasteiger charge is 2.31. The van der Waals surface area contributed by atoms with E-state index in [1.54, 1.807) is 18.2 Å². The molecule has 2 amide bonds. The van der Waals surface area contributed by atoms with Crippen LogP contribution < -0.4 is 15.4 Å². The smallest absolute Gasteiger partial charge is 0.319 e. The molecule has 1 aliphatic rings. The third kappa shape index (κ3) is 4.51. The van der Waals surface area contributed by atoms with Crippen LogP contribution in [0.3, 0.4) is 0 Å². The molecule has 3 rings (SSSR count). The zero-order valence-corrected chi connectivity index (χ0v) is 14.5. The maximum atomic E-state index is 12.1.